The number of aromatic nitrogens is 1. The SMILES string of the molecule is CCCCc1ccc[n+](CC)c1.O=S(=O)([O-])C(F)(F)F. The highest BCUT2D eigenvalue weighted by Gasteiger charge is 2.36. The van der Waals surface area contributed by atoms with Gasteiger partial charge in [0, 0.05) is 11.6 Å². The Bertz CT molecular complexity index is 501. The van der Waals surface area contributed by atoms with Gasteiger partial charge in [-0.15, -0.1) is 0 Å². The Hall–Kier alpha value is -1.15. The third kappa shape index (κ3) is 7.44. The lowest BCUT2D eigenvalue weighted by molar-refractivity contribution is -0.694. The van der Waals surface area contributed by atoms with Crippen LogP contribution in [0.3, 0.4) is 0 Å². The molecule has 0 atom stereocenters. The number of hydrogen-bond acceptors (Lipinski definition) is 3. The maximum absolute atomic E-state index is 10.7. The lowest BCUT2D eigenvalue weighted by Gasteiger charge is -2.08. The van der Waals surface area contributed by atoms with E-state index < -0.39 is 15.6 Å². The first kappa shape index (κ1) is 18.9. The molecule has 0 unspecified atom stereocenters. The average Bonchev–Trinajstić information content (AvgIpc) is 2.35. The van der Waals surface area contributed by atoms with Crippen LogP contribution in [0.15, 0.2) is 24.5 Å². The monoisotopic (exact) mass is 313 g/mol. The standard InChI is InChI=1S/C11H18N.CHF3O3S/c1-3-5-7-11-8-6-9-12(4-2)10-11;2-1(3,4)8(5,6)7/h6,8-10H,3-5,7H2,1-2H3;(H,5,6,7)/q+1;/p-1. The number of pyridine rings is 1. The van der Waals surface area contributed by atoms with Gasteiger partial charge in [-0.05, 0) is 25.8 Å². The number of aryl methyl sites for hydroxylation is 2. The molecule has 1 aromatic rings. The molecule has 0 aliphatic carbocycles. The first-order valence-corrected chi connectivity index (χ1v) is 7.52. The van der Waals surface area contributed by atoms with Crippen molar-refractivity contribution in [3.63, 3.8) is 0 Å². The number of nitrogens with zero attached hydrogens (tertiary/aromatic N) is 1. The molecular formula is C12H18F3NO3S. The molecule has 0 aromatic carbocycles. The second-order valence-corrected chi connectivity index (χ2v) is 5.42. The van der Waals surface area contributed by atoms with Crippen LogP contribution in [-0.2, 0) is 23.1 Å². The quantitative estimate of drug-likeness (QED) is 0.487. The molecule has 0 fully saturated rings. The third-order valence-electron chi connectivity index (χ3n) is 2.39. The molecule has 4 nitrogen and oxygen atoms in total. The van der Waals surface area contributed by atoms with E-state index in [4.69, 9.17) is 13.0 Å². The van der Waals surface area contributed by atoms with Gasteiger partial charge in [0.25, 0.3) is 0 Å². The molecule has 1 aromatic heterocycles. The van der Waals surface area contributed by atoms with Crippen molar-refractivity contribution in [2.75, 3.05) is 0 Å². The third-order valence-corrected chi connectivity index (χ3v) is 2.95. The lowest BCUT2D eigenvalue weighted by atomic mass is 10.1. The van der Waals surface area contributed by atoms with Gasteiger partial charge in [-0.25, -0.2) is 13.0 Å². The second kappa shape index (κ2) is 8.21. The molecule has 0 N–H and O–H groups in total. The summed E-state index contributed by atoms with van der Waals surface area (Å²) in [6, 6.07) is 4.34. The minimum Gasteiger partial charge on any atom is -0.741 e. The molecule has 0 spiro atoms. The first-order valence-electron chi connectivity index (χ1n) is 6.12. The average molecular weight is 313 g/mol. The van der Waals surface area contributed by atoms with E-state index in [1.807, 2.05) is 0 Å². The van der Waals surface area contributed by atoms with E-state index in [1.54, 1.807) is 0 Å². The zero-order chi connectivity index (χ0) is 15.8. The molecule has 0 saturated heterocycles. The van der Waals surface area contributed by atoms with E-state index in [0.29, 0.717) is 0 Å². The Labute approximate surface area is 117 Å². The molecule has 0 aliphatic heterocycles. The Morgan fingerprint density at radius 2 is 1.85 bits per heavy atom. The summed E-state index contributed by atoms with van der Waals surface area (Å²) in [7, 11) is -6.09. The summed E-state index contributed by atoms with van der Waals surface area (Å²) >= 11 is 0. The van der Waals surface area contributed by atoms with E-state index in [-0.39, 0.29) is 0 Å². The highest BCUT2D eigenvalue weighted by molar-refractivity contribution is 7.86. The summed E-state index contributed by atoms with van der Waals surface area (Å²) in [4.78, 5) is 0. The zero-order valence-corrected chi connectivity index (χ0v) is 12.2. The molecule has 1 rings (SSSR count). The zero-order valence-electron chi connectivity index (χ0n) is 11.4. The van der Waals surface area contributed by atoms with Crippen LogP contribution in [0.4, 0.5) is 13.2 Å². The first-order chi connectivity index (χ1) is 9.11. The number of halogens is 3. The highest BCUT2D eigenvalue weighted by atomic mass is 32.2. The predicted octanol–water partition coefficient (Wildman–Crippen LogP) is 2.39. The Balaban J connectivity index is 0.000000396. The summed E-state index contributed by atoms with van der Waals surface area (Å²) in [5.74, 6) is 0. The molecule has 0 bridgehead atoms. The van der Waals surface area contributed by atoms with Gasteiger partial charge in [0.2, 0.25) is 0 Å². The van der Waals surface area contributed by atoms with E-state index in [1.165, 1.54) is 24.8 Å². The molecule has 116 valence electrons. The van der Waals surface area contributed by atoms with Gasteiger partial charge in [-0.1, -0.05) is 13.3 Å². The lowest BCUT2D eigenvalue weighted by Crippen LogP contribution is -2.31. The minimum atomic E-state index is -6.09. The number of unbranched alkanes of at least 4 members (excludes halogenated alkanes) is 1. The van der Waals surface area contributed by atoms with Crippen LogP contribution < -0.4 is 4.57 Å². The number of alkyl halides is 3. The molecule has 20 heavy (non-hydrogen) atoms. The fourth-order valence-corrected chi connectivity index (χ4v) is 1.30. The van der Waals surface area contributed by atoms with Crippen molar-refractivity contribution >= 4 is 10.1 Å². The normalized spacial score (nSPS) is 11.7. The van der Waals surface area contributed by atoms with Gasteiger partial charge in [0.05, 0.1) is 0 Å². The molecule has 0 saturated carbocycles. The molecule has 0 aliphatic rings. The minimum absolute atomic E-state index is 1.07. The molecule has 0 radical (unpaired) electrons. The fourth-order valence-electron chi connectivity index (χ4n) is 1.30. The number of hydrogen-bond donors (Lipinski definition) is 0. The van der Waals surface area contributed by atoms with Crippen molar-refractivity contribution in [1.82, 2.24) is 0 Å². The molecule has 1 heterocycles. The predicted molar refractivity (Wildman–Crippen MR) is 66.7 cm³/mol. The summed E-state index contributed by atoms with van der Waals surface area (Å²) in [6.07, 6.45) is 8.16. The van der Waals surface area contributed by atoms with Gasteiger partial charge in [0.1, 0.15) is 6.54 Å². The highest BCUT2D eigenvalue weighted by Crippen LogP contribution is 2.20. The molecular weight excluding hydrogens is 295 g/mol. The second-order valence-electron chi connectivity index (χ2n) is 4.05. The summed E-state index contributed by atoms with van der Waals surface area (Å²) in [5, 5.41) is 0. The van der Waals surface area contributed by atoms with Gasteiger partial charge < -0.3 is 4.55 Å². The topological polar surface area (TPSA) is 61.1 Å². The van der Waals surface area contributed by atoms with Crippen molar-refractivity contribution in [3.05, 3.63) is 30.1 Å². The van der Waals surface area contributed by atoms with Crippen LogP contribution in [0, 0.1) is 0 Å². The van der Waals surface area contributed by atoms with Crippen molar-refractivity contribution in [1.29, 1.82) is 0 Å². The van der Waals surface area contributed by atoms with Crippen LogP contribution >= 0.6 is 0 Å². The number of rotatable bonds is 4. The van der Waals surface area contributed by atoms with Crippen LogP contribution in [-0.4, -0.2) is 18.5 Å². The van der Waals surface area contributed by atoms with E-state index >= 15 is 0 Å². The van der Waals surface area contributed by atoms with Crippen molar-refractivity contribution in [2.45, 2.75) is 45.2 Å². The van der Waals surface area contributed by atoms with Gasteiger partial charge in [-0.2, -0.15) is 13.2 Å². The van der Waals surface area contributed by atoms with Gasteiger partial charge in [0.15, 0.2) is 22.5 Å². The van der Waals surface area contributed by atoms with Crippen LogP contribution in [0.1, 0.15) is 32.3 Å². The summed E-state index contributed by atoms with van der Waals surface area (Å²) in [5.41, 5.74) is -4.19. The van der Waals surface area contributed by atoms with Crippen molar-refractivity contribution < 1.29 is 30.7 Å². The fraction of sp³-hybridized carbons (Fsp3) is 0.583. The van der Waals surface area contributed by atoms with Crippen LogP contribution in [0.5, 0.6) is 0 Å². The van der Waals surface area contributed by atoms with E-state index in [0.717, 1.165) is 6.54 Å². The maximum atomic E-state index is 10.7. The van der Waals surface area contributed by atoms with Crippen LogP contribution in [0.2, 0.25) is 0 Å². The molecule has 0 amide bonds. The molecule has 8 heteroatoms. The Kier molecular flexibility index (Phi) is 7.74. The maximum Gasteiger partial charge on any atom is 0.485 e. The van der Waals surface area contributed by atoms with E-state index in [9.17, 15) is 13.2 Å². The smallest absolute Gasteiger partial charge is 0.485 e. The van der Waals surface area contributed by atoms with Crippen molar-refractivity contribution in [3.8, 4) is 0 Å². The van der Waals surface area contributed by atoms with E-state index in [2.05, 4.69) is 42.9 Å². The van der Waals surface area contributed by atoms with Crippen LogP contribution in [0.25, 0.3) is 0 Å². The van der Waals surface area contributed by atoms with Gasteiger partial charge in [-0.3, -0.25) is 0 Å². The summed E-state index contributed by atoms with van der Waals surface area (Å²) < 4.78 is 61.1. The largest absolute Gasteiger partial charge is 0.741 e. The Morgan fingerprint density at radius 3 is 2.25 bits per heavy atom. The van der Waals surface area contributed by atoms with Gasteiger partial charge >= 0.3 is 5.51 Å². The Morgan fingerprint density at radius 1 is 1.30 bits per heavy atom. The summed E-state index contributed by atoms with van der Waals surface area (Å²) in [6.45, 7) is 5.47. The van der Waals surface area contributed by atoms with Crippen molar-refractivity contribution in [2.24, 2.45) is 0 Å².